The molecule has 1 nitrogen and oxygen atoms in total. The molecule has 0 atom stereocenters. The normalized spacial score (nSPS) is 16.3. The average Bonchev–Trinajstić information content (AvgIpc) is 2.59. The van der Waals surface area contributed by atoms with E-state index in [1.54, 1.807) is 0 Å². The van der Waals surface area contributed by atoms with E-state index >= 15 is 0 Å². The fraction of sp³-hybridized carbons (Fsp3) is 0.182. The maximum atomic E-state index is 2.51. The van der Waals surface area contributed by atoms with Crippen molar-refractivity contribution in [3.05, 3.63) is 83.4 Å². The lowest BCUT2D eigenvalue weighted by atomic mass is 9.71. The molecular formula is C22H19N. The summed E-state index contributed by atoms with van der Waals surface area (Å²) in [6.07, 6.45) is 0. The lowest BCUT2D eigenvalue weighted by Crippen LogP contribution is -2.34. The number of benzene rings is 3. The van der Waals surface area contributed by atoms with Crippen molar-refractivity contribution in [3.8, 4) is 11.1 Å². The zero-order valence-electron chi connectivity index (χ0n) is 13.5. The first-order valence-corrected chi connectivity index (χ1v) is 8.27. The Morgan fingerprint density at radius 2 is 1.43 bits per heavy atom. The summed E-state index contributed by atoms with van der Waals surface area (Å²) in [7, 11) is 0. The van der Waals surface area contributed by atoms with E-state index in [1.807, 2.05) is 0 Å². The molecule has 0 aromatic heterocycles. The highest BCUT2D eigenvalue weighted by Gasteiger charge is 2.39. The van der Waals surface area contributed by atoms with Crippen molar-refractivity contribution in [2.45, 2.75) is 25.8 Å². The fourth-order valence-electron chi connectivity index (χ4n) is 4.31. The van der Waals surface area contributed by atoms with E-state index in [0.717, 1.165) is 6.54 Å². The van der Waals surface area contributed by atoms with Crippen molar-refractivity contribution < 1.29 is 0 Å². The number of fused-ring (bicyclic) bond motifs is 4. The van der Waals surface area contributed by atoms with Crippen LogP contribution in [-0.2, 0) is 12.0 Å². The van der Waals surface area contributed by atoms with Gasteiger partial charge < -0.3 is 4.90 Å². The third-order valence-electron chi connectivity index (χ3n) is 5.48. The molecule has 2 aliphatic rings. The van der Waals surface area contributed by atoms with Gasteiger partial charge in [0.25, 0.3) is 0 Å². The van der Waals surface area contributed by atoms with Gasteiger partial charge in [-0.05, 0) is 28.3 Å². The van der Waals surface area contributed by atoms with Gasteiger partial charge in [0.15, 0.2) is 0 Å². The van der Waals surface area contributed by atoms with Gasteiger partial charge in [0, 0.05) is 23.2 Å². The summed E-state index contributed by atoms with van der Waals surface area (Å²) in [4.78, 5) is 2.51. The van der Waals surface area contributed by atoms with Crippen LogP contribution in [0.25, 0.3) is 11.1 Å². The number of nitrogens with zero attached hydrogens (tertiary/aromatic N) is 1. The van der Waals surface area contributed by atoms with E-state index in [2.05, 4.69) is 85.5 Å². The second-order valence-corrected chi connectivity index (χ2v) is 7.09. The van der Waals surface area contributed by atoms with Crippen LogP contribution in [0, 0.1) is 0 Å². The quantitative estimate of drug-likeness (QED) is 0.518. The standard InChI is InChI=1S/C22H19N/c1-22(2)18-11-5-6-13-20(18)23-14-15-8-3-4-9-16(15)17-10-7-12-19(22)21(17)23/h3-13H,14H2,1-2H3. The van der Waals surface area contributed by atoms with Gasteiger partial charge in [-0.15, -0.1) is 0 Å². The van der Waals surface area contributed by atoms with E-state index in [0.29, 0.717) is 0 Å². The van der Waals surface area contributed by atoms with Crippen molar-refractivity contribution in [1.29, 1.82) is 0 Å². The van der Waals surface area contributed by atoms with Crippen molar-refractivity contribution in [3.63, 3.8) is 0 Å². The summed E-state index contributed by atoms with van der Waals surface area (Å²) >= 11 is 0. The lowest BCUT2D eigenvalue weighted by Gasteiger charge is -2.45. The van der Waals surface area contributed by atoms with Crippen LogP contribution in [0.15, 0.2) is 66.7 Å². The van der Waals surface area contributed by atoms with E-state index in [9.17, 15) is 0 Å². The van der Waals surface area contributed by atoms with E-state index in [4.69, 9.17) is 0 Å². The highest BCUT2D eigenvalue weighted by molar-refractivity contribution is 5.93. The van der Waals surface area contributed by atoms with Crippen LogP contribution in [0.2, 0.25) is 0 Å². The van der Waals surface area contributed by atoms with Gasteiger partial charge in [0.2, 0.25) is 0 Å². The molecule has 0 aliphatic carbocycles. The summed E-state index contributed by atoms with van der Waals surface area (Å²) < 4.78 is 0. The smallest absolute Gasteiger partial charge is 0.0535 e. The minimum absolute atomic E-state index is 0.0325. The topological polar surface area (TPSA) is 3.24 Å². The zero-order valence-corrected chi connectivity index (χ0v) is 13.5. The van der Waals surface area contributed by atoms with Crippen LogP contribution in [0.1, 0.15) is 30.5 Å². The molecule has 0 bridgehead atoms. The summed E-state index contributed by atoms with van der Waals surface area (Å²) in [5, 5.41) is 0. The van der Waals surface area contributed by atoms with Gasteiger partial charge in [-0.1, -0.05) is 74.5 Å². The summed E-state index contributed by atoms with van der Waals surface area (Å²) in [5.74, 6) is 0. The monoisotopic (exact) mass is 297 g/mol. The molecule has 3 aromatic rings. The minimum atomic E-state index is 0.0325. The second-order valence-electron chi connectivity index (χ2n) is 7.09. The Balaban J connectivity index is 1.90. The largest absolute Gasteiger partial charge is 0.336 e. The Morgan fingerprint density at radius 3 is 2.35 bits per heavy atom. The van der Waals surface area contributed by atoms with Crippen molar-refractivity contribution in [1.82, 2.24) is 0 Å². The highest BCUT2D eigenvalue weighted by atomic mass is 15.2. The molecule has 0 saturated carbocycles. The van der Waals surface area contributed by atoms with Crippen LogP contribution in [0.4, 0.5) is 11.4 Å². The molecule has 0 amide bonds. The first-order chi connectivity index (χ1) is 11.2. The molecule has 112 valence electrons. The van der Waals surface area contributed by atoms with Crippen LogP contribution >= 0.6 is 0 Å². The molecule has 0 N–H and O–H groups in total. The van der Waals surface area contributed by atoms with Gasteiger partial charge in [-0.2, -0.15) is 0 Å². The third-order valence-corrected chi connectivity index (χ3v) is 5.48. The van der Waals surface area contributed by atoms with Crippen molar-refractivity contribution >= 4 is 11.4 Å². The zero-order chi connectivity index (χ0) is 15.6. The van der Waals surface area contributed by atoms with Crippen LogP contribution < -0.4 is 4.90 Å². The van der Waals surface area contributed by atoms with Crippen molar-refractivity contribution in [2.75, 3.05) is 4.90 Å². The molecule has 0 unspecified atom stereocenters. The van der Waals surface area contributed by atoms with Gasteiger partial charge in [0.05, 0.1) is 5.69 Å². The maximum absolute atomic E-state index is 2.51. The highest BCUT2D eigenvalue weighted by Crippen LogP contribution is 2.54. The Bertz CT molecular complexity index is 936. The predicted octanol–water partition coefficient (Wildman–Crippen LogP) is 5.64. The third kappa shape index (κ3) is 1.57. The Kier molecular flexibility index (Phi) is 2.40. The van der Waals surface area contributed by atoms with Crippen LogP contribution in [0.3, 0.4) is 0 Å². The second kappa shape index (κ2) is 4.26. The fourth-order valence-corrected chi connectivity index (χ4v) is 4.31. The Morgan fingerprint density at radius 1 is 0.739 bits per heavy atom. The summed E-state index contributed by atoms with van der Waals surface area (Å²) in [5.41, 5.74) is 9.80. The van der Waals surface area contributed by atoms with Crippen molar-refractivity contribution in [2.24, 2.45) is 0 Å². The molecule has 23 heavy (non-hydrogen) atoms. The summed E-state index contributed by atoms with van der Waals surface area (Å²) in [6.45, 7) is 5.64. The van der Waals surface area contributed by atoms with Gasteiger partial charge in [-0.25, -0.2) is 0 Å². The van der Waals surface area contributed by atoms with Gasteiger partial charge in [0.1, 0.15) is 0 Å². The molecule has 0 fully saturated rings. The summed E-state index contributed by atoms with van der Waals surface area (Å²) in [6, 6.07) is 24.5. The number of anilines is 2. The average molecular weight is 297 g/mol. The molecule has 5 rings (SSSR count). The van der Waals surface area contributed by atoms with Crippen LogP contribution in [0.5, 0.6) is 0 Å². The van der Waals surface area contributed by atoms with Gasteiger partial charge >= 0.3 is 0 Å². The van der Waals surface area contributed by atoms with E-state index in [-0.39, 0.29) is 5.41 Å². The molecular weight excluding hydrogens is 278 g/mol. The Labute approximate surface area is 137 Å². The number of hydrogen-bond donors (Lipinski definition) is 0. The first kappa shape index (κ1) is 13.0. The molecule has 3 aromatic carbocycles. The molecule has 1 heteroatoms. The molecule has 2 aliphatic heterocycles. The molecule has 0 spiro atoms. The lowest BCUT2D eigenvalue weighted by molar-refractivity contribution is 0.623. The maximum Gasteiger partial charge on any atom is 0.0535 e. The first-order valence-electron chi connectivity index (χ1n) is 8.27. The minimum Gasteiger partial charge on any atom is -0.336 e. The number of para-hydroxylation sites is 2. The van der Waals surface area contributed by atoms with Gasteiger partial charge in [-0.3, -0.25) is 0 Å². The molecule has 0 saturated heterocycles. The molecule has 2 heterocycles. The predicted molar refractivity (Wildman–Crippen MR) is 96.3 cm³/mol. The van der Waals surface area contributed by atoms with Crippen LogP contribution in [-0.4, -0.2) is 0 Å². The molecule has 0 radical (unpaired) electrons. The number of hydrogen-bond acceptors (Lipinski definition) is 1. The van der Waals surface area contributed by atoms with E-state index < -0.39 is 0 Å². The number of rotatable bonds is 0. The Hall–Kier alpha value is -2.54. The van der Waals surface area contributed by atoms with E-state index in [1.165, 1.54) is 39.2 Å². The SMILES string of the molecule is CC1(C)c2ccccc2N2Cc3ccccc3-c3cccc1c32.